The summed E-state index contributed by atoms with van der Waals surface area (Å²) in [5.74, 6) is -0.710. The molecule has 2 N–H and O–H groups in total. The molecule has 1 aliphatic rings. The molecule has 0 saturated carbocycles. The fourth-order valence-electron chi connectivity index (χ4n) is 2.43. The van der Waals surface area contributed by atoms with E-state index >= 15 is 0 Å². The largest absolute Gasteiger partial charge is 0.394 e. The van der Waals surface area contributed by atoms with Gasteiger partial charge in [-0.3, -0.25) is 9.63 Å². The maximum Gasteiger partial charge on any atom is 0.262 e. The highest BCUT2D eigenvalue weighted by Gasteiger charge is 2.42. The van der Waals surface area contributed by atoms with Crippen molar-refractivity contribution in [3.05, 3.63) is 29.3 Å². The number of fused-ring (bicyclic) bond motifs is 1. The molecule has 1 heterocycles. The maximum absolute atomic E-state index is 12.4. The summed E-state index contributed by atoms with van der Waals surface area (Å²) in [5.41, 5.74) is 3.79. The molecule has 0 spiro atoms. The monoisotopic (exact) mass is 327 g/mol. The van der Waals surface area contributed by atoms with Gasteiger partial charge in [0, 0.05) is 0 Å². The predicted octanol–water partition coefficient (Wildman–Crippen LogP) is 0.758. The summed E-state index contributed by atoms with van der Waals surface area (Å²) in [6.07, 6.45) is -0.433. The van der Waals surface area contributed by atoms with Gasteiger partial charge in [-0.1, -0.05) is 31.5 Å². The zero-order valence-corrected chi connectivity index (χ0v) is 13.7. The minimum absolute atomic E-state index is 0.00895. The number of amides is 1. The summed E-state index contributed by atoms with van der Waals surface area (Å²) in [4.78, 5) is 17.5. The van der Waals surface area contributed by atoms with Crippen molar-refractivity contribution in [2.75, 3.05) is 6.61 Å². The second kappa shape index (κ2) is 6.36. The molecule has 7 heteroatoms. The Kier molecular flexibility index (Phi) is 4.89. The summed E-state index contributed by atoms with van der Waals surface area (Å²) < 4.78 is 24.8. The zero-order valence-electron chi connectivity index (χ0n) is 12.9. The summed E-state index contributed by atoms with van der Waals surface area (Å²) >= 11 is 0. The van der Waals surface area contributed by atoms with Crippen molar-refractivity contribution < 1.29 is 23.2 Å². The molecule has 1 aliphatic heterocycles. The van der Waals surface area contributed by atoms with Crippen molar-refractivity contribution in [3.63, 3.8) is 0 Å². The molecule has 0 fully saturated rings. The molecule has 0 bridgehead atoms. The van der Waals surface area contributed by atoms with E-state index in [4.69, 9.17) is 9.94 Å². The van der Waals surface area contributed by atoms with Crippen molar-refractivity contribution >= 4 is 15.7 Å². The molecular weight excluding hydrogens is 306 g/mol. The average molecular weight is 327 g/mol. The van der Waals surface area contributed by atoms with E-state index in [9.17, 15) is 13.2 Å². The van der Waals surface area contributed by atoms with Gasteiger partial charge in [0.15, 0.2) is 15.1 Å². The highest BCUT2D eigenvalue weighted by Crippen LogP contribution is 2.32. The highest BCUT2D eigenvalue weighted by atomic mass is 32.2. The Balaban J connectivity index is 2.13. The third kappa shape index (κ3) is 3.16. The standard InChI is InChI=1S/C15H21NO5S/c1-9(2)12(8-17)21-16-15(18)14-7-11-6-10(3)4-5-13(11)22(14,19)20/h4-6,9,12,14,17H,7-8H2,1-3H3,(H,16,18). The van der Waals surface area contributed by atoms with Crippen LogP contribution in [-0.2, 0) is 25.9 Å². The smallest absolute Gasteiger partial charge is 0.262 e. The Labute approximate surface area is 130 Å². The van der Waals surface area contributed by atoms with Crippen LogP contribution < -0.4 is 5.48 Å². The topological polar surface area (TPSA) is 92.7 Å². The third-order valence-electron chi connectivity index (χ3n) is 3.83. The van der Waals surface area contributed by atoms with E-state index in [1.54, 1.807) is 18.2 Å². The lowest BCUT2D eigenvalue weighted by Gasteiger charge is -2.19. The first kappa shape index (κ1) is 16.9. The lowest BCUT2D eigenvalue weighted by Crippen LogP contribution is -2.42. The lowest BCUT2D eigenvalue weighted by atomic mass is 10.1. The van der Waals surface area contributed by atoms with E-state index in [2.05, 4.69) is 5.48 Å². The van der Waals surface area contributed by atoms with Crippen molar-refractivity contribution in [3.8, 4) is 0 Å². The number of carbonyl (C=O) groups is 1. The number of aryl methyl sites for hydroxylation is 1. The van der Waals surface area contributed by atoms with Crippen LogP contribution in [0.4, 0.5) is 0 Å². The first-order valence-corrected chi connectivity index (χ1v) is 8.71. The number of hydroxylamine groups is 1. The van der Waals surface area contributed by atoms with E-state index in [-0.39, 0.29) is 23.8 Å². The Morgan fingerprint density at radius 1 is 1.45 bits per heavy atom. The van der Waals surface area contributed by atoms with E-state index in [1.807, 2.05) is 20.8 Å². The zero-order chi connectivity index (χ0) is 16.5. The van der Waals surface area contributed by atoms with Crippen LogP contribution in [0.1, 0.15) is 25.0 Å². The quantitative estimate of drug-likeness (QED) is 0.779. The molecule has 0 radical (unpaired) electrons. The van der Waals surface area contributed by atoms with Gasteiger partial charge in [-0.25, -0.2) is 13.9 Å². The number of aliphatic hydroxyl groups excluding tert-OH is 1. The van der Waals surface area contributed by atoms with Crippen LogP contribution in [0, 0.1) is 12.8 Å². The van der Waals surface area contributed by atoms with Crippen LogP contribution in [-0.4, -0.2) is 37.4 Å². The first-order valence-electron chi connectivity index (χ1n) is 7.17. The predicted molar refractivity (Wildman–Crippen MR) is 80.8 cm³/mol. The summed E-state index contributed by atoms with van der Waals surface area (Å²) in [6, 6.07) is 5.04. The van der Waals surface area contributed by atoms with E-state index < -0.39 is 27.1 Å². The van der Waals surface area contributed by atoms with Crippen LogP contribution in [0.25, 0.3) is 0 Å². The van der Waals surface area contributed by atoms with Gasteiger partial charge >= 0.3 is 0 Å². The first-order chi connectivity index (χ1) is 10.3. The second-order valence-corrected chi connectivity index (χ2v) is 8.00. The molecule has 0 aliphatic carbocycles. The molecule has 122 valence electrons. The van der Waals surface area contributed by atoms with Crippen LogP contribution in [0.3, 0.4) is 0 Å². The molecule has 2 atom stereocenters. The summed E-state index contributed by atoms with van der Waals surface area (Å²) in [7, 11) is -3.69. The summed E-state index contributed by atoms with van der Waals surface area (Å²) in [6.45, 7) is 5.28. The minimum atomic E-state index is -3.69. The van der Waals surface area contributed by atoms with Gasteiger partial charge in [-0.2, -0.15) is 0 Å². The third-order valence-corrected chi connectivity index (χ3v) is 5.97. The molecule has 1 amide bonds. The number of carbonyl (C=O) groups excluding carboxylic acids is 1. The maximum atomic E-state index is 12.4. The second-order valence-electron chi connectivity index (χ2n) is 5.90. The molecule has 2 rings (SSSR count). The fourth-order valence-corrected chi connectivity index (χ4v) is 4.23. The van der Waals surface area contributed by atoms with Crippen LogP contribution in [0.15, 0.2) is 23.1 Å². The molecular formula is C15H21NO5S. The Morgan fingerprint density at radius 3 is 2.73 bits per heavy atom. The van der Waals surface area contributed by atoms with Crippen molar-refractivity contribution in [1.82, 2.24) is 5.48 Å². The van der Waals surface area contributed by atoms with Crippen molar-refractivity contribution in [2.24, 2.45) is 5.92 Å². The van der Waals surface area contributed by atoms with Gasteiger partial charge in [0.05, 0.1) is 11.5 Å². The minimum Gasteiger partial charge on any atom is -0.394 e. The molecule has 0 saturated heterocycles. The number of hydrogen-bond acceptors (Lipinski definition) is 5. The fraction of sp³-hybridized carbons (Fsp3) is 0.533. The van der Waals surface area contributed by atoms with Crippen molar-refractivity contribution in [2.45, 2.75) is 43.4 Å². The molecule has 2 unspecified atom stereocenters. The van der Waals surface area contributed by atoms with E-state index in [0.29, 0.717) is 5.56 Å². The molecule has 22 heavy (non-hydrogen) atoms. The molecule has 6 nitrogen and oxygen atoms in total. The molecule has 1 aromatic rings. The number of hydrogen-bond donors (Lipinski definition) is 2. The Bertz CT molecular complexity index is 669. The summed E-state index contributed by atoms with van der Waals surface area (Å²) in [5, 5.41) is 7.97. The van der Waals surface area contributed by atoms with Gasteiger partial charge < -0.3 is 5.11 Å². The van der Waals surface area contributed by atoms with Gasteiger partial charge in [0.2, 0.25) is 0 Å². The average Bonchev–Trinajstić information content (AvgIpc) is 2.69. The number of benzene rings is 1. The van der Waals surface area contributed by atoms with Crippen LogP contribution in [0.5, 0.6) is 0 Å². The Hall–Kier alpha value is -1.44. The van der Waals surface area contributed by atoms with Gasteiger partial charge in [-0.05, 0) is 30.9 Å². The lowest BCUT2D eigenvalue weighted by molar-refractivity contribution is -0.143. The van der Waals surface area contributed by atoms with E-state index in [0.717, 1.165) is 5.56 Å². The van der Waals surface area contributed by atoms with Crippen LogP contribution in [0.2, 0.25) is 0 Å². The van der Waals surface area contributed by atoms with Gasteiger partial charge in [0.25, 0.3) is 5.91 Å². The van der Waals surface area contributed by atoms with Gasteiger partial charge in [-0.15, -0.1) is 0 Å². The molecule has 0 aromatic heterocycles. The SMILES string of the molecule is Cc1ccc2c(c1)CC(C(=O)NOC(CO)C(C)C)S2(=O)=O. The normalized spacial score (nSPS) is 20.7. The number of nitrogens with one attached hydrogen (secondary N) is 1. The highest BCUT2D eigenvalue weighted by molar-refractivity contribution is 7.93. The number of sulfone groups is 1. The number of aliphatic hydroxyl groups is 1. The van der Waals surface area contributed by atoms with Gasteiger partial charge in [0.1, 0.15) is 6.10 Å². The van der Waals surface area contributed by atoms with Crippen molar-refractivity contribution in [1.29, 1.82) is 0 Å². The Morgan fingerprint density at radius 2 is 2.14 bits per heavy atom. The number of rotatable bonds is 5. The molecule has 1 aromatic carbocycles. The van der Waals surface area contributed by atoms with Crippen LogP contribution >= 0.6 is 0 Å². The van der Waals surface area contributed by atoms with E-state index in [1.165, 1.54) is 0 Å².